The van der Waals surface area contributed by atoms with E-state index in [2.05, 4.69) is 18.2 Å². The van der Waals surface area contributed by atoms with Crippen LogP contribution in [-0.2, 0) is 11.2 Å². The normalized spacial score (nSPS) is 12.1. The maximum atomic E-state index is 10.9. The van der Waals surface area contributed by atoms with Gasteiger partial charge in [0.05, 0.1) is 7.11 Å². The molecule has 24 heavy (non-hydrogen) atoms. The highest BCUT2D eigenvalue weighted by Gasteiger charge is 2.12. The summed E-state index contributed by atoms with van der Waals surface area (Å²) in [7, 11) is 1.66. The molecule has 4 nitrogen and oxygen atoms in total. The summed E-state index contributed by atoms with van der Waals surface area (Å²) in [5.41, 5.74) is 8.67. The Bertz CT molecular complexity index is 889. The molecule has 4 heteroatoms. The molecule has 0 aliphatic carbocycles. The van der Waals surface area contributed by atoms with E-state index in [0.717, 1.165) is 33.2 Å². The number of rotatable bonds is 5. The molecule has 3 N–H and O–H groups in total. The number of hydrogen-bond donors (Lipinski definition) is 2. The van der Waals surface area contributed by atoms with Crippen LogP contribution in [0.3, 0.4) is 0 Å². The fourth-order valence-corrected chi connectivity index (χ4v) is 2.75. The van der Waals surface area contributed by atoms with Crippen LogP contribution in [0.4, 0.5) is 0 Å². The third-order valence-corrected chi connectivity index (χ3v) is 4.08. The molecule has 0 spiro atoms. The molecule has 3 rings (SSSR count). The minimum absolute atomic E-state index is 0.313. The molecule has 1 atom stereocenters. The topological polar surface area (TPSA) is 72.5 Å². The van der Waals surface area contributed by atoms with Crippen molar-refractivity contribution in [3.63, 3.8) is 0 Å². The van der Waals surface area contributed by atoms with Gasteiger partial charge >= 0.3 is 5.97 Å². The van der Waals surface area contributed by atoms with Crippen LogP contribution < -0.4 is 10.5 Å². The zero-order chi connectivity index (χ0) is 17.1. The number of carboxylic acids is 1. The summed E-state index contributed by atoms with van der Waals surface area (Å²) in [6.07, 6.45) is 0.313. The van der Waals surface area contributed by atoms with Gasteiger partial charge in [0, 0.05) is 0 Å². The van der Waals surface area contributed by atoms with Gasteiger partial charge in [-0.05, 0) is 52.1 Å². The second-order valence-corrected chi connectivity index (χ2v) is 5.78. The van der Waals surface area contributed by atoms with Crippen molar-refractivity contribution in [1.82, 2.24) is 0 Å². The molecule has 0 saturated heterocycles. The van der Waals surface area contributed by atoms with Crippen LogP contribution in [0.1, 0.15) is 5.56 Å². The number of aliphatic carboxylic acids is 1. The smallest absolute Gasteiger partial charge is 0.320 e. The van der Waals surface area contributed by atoms with Gasteiger partial charge in [0.15, 0.2) is 0 Å². The van der Waals surface area contributed by atoms with E-state index in [1.54, 1.807) is 7.11 Å². The van der Waals surface area contributed by atoms with Crippen molar-refractivity contribution in [3.05, 3.63) is 66.2 Å². The predicted molar refractivity (Wildman–Crippen MR) is 95.3 cm³/mol. The second-order valence-electron chi connectivity index (χ2n) is 5.78. The van der Waals surface area contributed by atoms with Gasteiger partial charge in [0.25, 0.3) is 0 Å². The van der Waals surface area contributed by atoms with Gasteiger partial charge in [0.1, 0.15) is 11.8 Å². The third-order valence-electron chi connectivity index (χ3n) is 4.08. The number of fused-ring (bicyclic) bond motifs is 1. The van der Waals surface area contributed by atoms with Gasteiger partial charge in [-0.25, -0.2) is 0 Å². The van der Waals surface area contributed by atoms with E-state index in [4.69, 9.17) is 15.6 Å². The molecule has 0 aromatic heterocycles. The van der Waals surface area contributed by atoms with Gasteiger partial charge in [-0.2, -0.15) is 0 Å². The Hall–Kier alpha value is -2.85. The van der Waals surface area contributed by atoms with Crippen molar-refractivity contribution in [1.29, 1.82) is 0 Å². The van der Waals surface area contributed by atoms with Crippen molar-refractivity contribution in [2.45, 2.75) is 12.5 Å². The molecule has 0 amide bonds. The standard InChI is InChI=1S/C20H19NO3/c1-24-18-8-7-16-11-15(5-6-17(16)12-18)14-4-2-3-13(9-14)10-19(21)20(22)23/h2-9,11-12,19H,10,21H2,1H3,(H,22,23). The van der Waals surface area contributed by atoms with Gasteiger partial charge in [-0.3, -0.25) is 4.79 Å². The van der Waals surface area contributed by atoms with Crippen LogP contribution in [0.2, 0.25) is 0 Å². The fraction of sp³-hybridized carbons (Fsp3) is 0.150. The van der Waals surface area contributed by atoms with E-state index in [1.165, 1.54) is 0 Å². The predicted octanol–water partition coefficient (Wildman–Crippen LogP) is 3.47. The maximum absolute atomic E-state index is 10.9. The van der Waals surface area contributed by atoms with Crippen molar-refractivity contribution < 1.29 is 14.6 Å². The van der Waals surface area contributed by atoms with Gasteiger partial charge in [-0.1, -0.05) is 42.5 Å². The van der Waals surface area contributed by atoms with Gasteiger partial charge in [-0.15, -0.1) is 0 Å². The molecule has 0 saturated carbocycles. The lowest BCUT2D eigenvalue weighted by Crippen LogP contribution is -2.32. The van der Waals surface area contributed by atoms with Crippen LogP contribution in [0.25, 0.3) is 21.9 Å². The summed E-state index contributed by atoms with van der Waals surface area (Å²) < 4.78 is 5.25. The second kappa shape index (κ2) is 6.72. The molecule has 0 bridgehead atoms. The number of carbonyl (C=O) groups is 1. The Morgan fingerprint density at radius 3 is 2.50 bits per heavy atom. The average molecular weight is 321 g/mol. The molecule has 0 aliphatic rings. The number of ether oxygens (including phenoxy) is 1. The molecule has 0 fully saturated rings. The highest BCUT2D eigenvalue weighted by Crippen LogP contribution is 2.27. The van der Waals surface area contributed by atoms with E-state index in [0.29, 0.717) is 6.42 Å². The monoisotopic (exact) mass is 321 g/mol. The summed E-state index contributed by atoms with van der Waals surface area (Å²) in [5, 5.41) is 11.2. The Kier molecular flexibility index (Phi) is 4.49. The molecule has 0 radical (unpaired) electrons. The zero-order valence-corrected chi connectivity index (χ0v) is 13.4. The summed E-state index contributed by atoms with van der Waals surface area (Å²) >= 11 is 0. The molecule has 3 aromatic rings. The Balaban J connectivity index is 1.93. The zero-order valence-electron chi connectivity index (χ0n) is 13.4. The average Bonchev–Trinajstić information content (AvgIpc) is 2.61. The summed E-state index contributed by atoms with van der Waals surface area (Å²) in [6.45, 7) is 0. The highest BCUT2D eigenvalue weighted by atomic mass is 16.5. The number of hydrogen-bond acceptors (Lipinski definition) is 3. The third kappa shape index (κ3) is 3.39. The van der Waals surface area contributed by atoms with E-state index >= 15 is 0 Å². The molecule has 3 aromatic carbocycles. The lowest BCUT2D eigenvalue weighted by atomic mass is 9.97. The van der Waals surface area contributed by atoms with E-state index in [9.17, 15) is 4.79 Å². The van der Waals surface area contributed by atoms with Crippen LogP contribution in [0, 0.1) is 0 Å². The SMILES string of the molecule is COc1ccc2cc(-c3cccc(CC(N)C(=O)O)c3)ccc2c1. The number of nitrogens with two attached hydrogens (primary N) is 1. The first-order valence-electron chi connectivity index (χ1n) is 7.72. The minimum Gasteiger partial charge on any atom is -0.497 e. The quantitative estimate of drug-likeness (QED) is 0.755. The molecular formula is C20H19NO3. The van der Waals surface area contributed by atoms with Crippen LogP contribution >= 0.6 is 0 Å². The fourth-order valence-electron chi connectivity index (χ4n) is 2.75. The van der Waals surface area contributed by atoms with Crippen LogP contribution in [0.15, 0.2) is 60.7 Å². The van der Waals surface area contributed by atoms with Crippen molar-refractivity contribution in [2.75, 3.05) is 7.11 Å². The first-order valence-corrected chi connectivity index (χ1v) is 7.72. The molecule has 122 valence electrons. The minimum atomic E-state index is -0.986. The first kappa shape index (κ1) is 16.0. The summed E-state index contributed by atoms with van der Waals surface area (Å²) in [6, 6.07) is 19.2. The Morgan fingerprint density at radius 2 is 1.75 bits per heavy atom. The van der Waals surface area contributed by atoms with Gasteiger partial charge in [0.2, 0.25) is 0 Å². The Morgan fingerprint density at radius 1 is 1.04 bits per heavy atom. The van der Waals surface area contributed by atoms with E-state index in [-0.39, 0.29) is 0 Å². The van der Waals surface area contributed by atoms with Crippen molar-refractivity contribution in [3.8, 4) is 16.9 Å². The lowest BCUT2D eigenvalue weighted by molar-refractivity contribution is -0.138. The first-order chi connectivity index (χ1) is 11.6. The summed E-state index contributed by atoms with van der Waals surface area (Å²) in [4.78, 5) is 10.9. The number of methoxy groups -OCH3 is 1. The molecular weight excluding hydrogens is 302 g/mol. The molecule has 0 heterocycles. The van der Waals surface area contributed by atoms with Crippen LogP contribution in [-0.4, -0.2) is 24.2 Å². The largest absolute Gasteiger partial charge is 0.497 e. The molecule has 0 aliphatic heterocycles. The molecule has 1 unspecified atom stereocenters. The Labute approximate surface area is 140 Å². The van der Waals surface area contributed by atoms with E-state index in [1.807, 2.05) is 42.5 Å². The lowest BCUT2D eigenvalue weighted by Gasteiger charge is -2.10. The van der Waals surface area contributed by atoms with Crippen molar-refractivity contribution in [2.24, 2.45) is 5.73 Å². The van der Waals surface area contributed by atoms with Crippen LogP contribution in [0.5, 0.6) is 5.75 Å². The van der Waals surface area contributed by atoms with Gasteiger partial charge < -0.3 is 15.6 Å². The maximum Gasteiger partial charge on any atom is 0.320 e. The highest BCUT2D eigenvalue weighted by molar-refractivity contribution is 5.88. The summed E-state index contributed by atoms with van der Waals surface area (Å²) in [5.74, 6) is -0.153. The number of benzene rings is 3. The van der Waals surface area contributed by atoms with E-state index < -0.39 is 12.0 Å². The van der Waals surface area contributed by atoms with Crippen molar-refractivity contribution >= 4 is 16.7 Å². The number of carboxylic acid groups (broad SMARTS) is 1.